The second kappa shape index (κ2) is 14.6. The number of aromatic nitrogens is 4. The molecule has 2 aliphatic carbocycles. The van der Waals surface area contributed by atoms with E-state index < -0.39 is 20.0 Å². The van der Waals surface area contributed by atoms with Crippen LogP contribution in [0.15, 0.2) is 22.4 Å². The Hall–Kier alpha value is -1.76. The Labute approximate surface area is 248 Å². The van der Waals surface area contributed by atoms with Crippen molar-refractivity contribution in [3.05, 3.63) is 23.5 Å². The number of primary sulfonamides is 2. The first kappa shape index (κ1) is 35.4. The standard InChI is InChI=1S/C14H25N3O2S.C11H22.C4H7N3O2S/c1-11-10-17(16-13(11)20(15,18)19)8-4-5-12-6-7-14(2,3)9-12;1-4-5-6-10-7-8-11(2,3)9-10;1-3-2-6-7-4(3)10(5,8)9/h10,12H,4-9H2,1-3H3,(H2,15,18,19);10H,4-9H2,1-3H3;2H,1H3,(H,6,7)(H2,5,8,9). The summed E-state index contributed by atoms with van der Waals surface area (Å²) in [5, 5.41) is 19.8. The van der Waals surface area contributed by atoms with Crippen LogP contribution in [0.1, 0.15) is 116 Å². The van der Waals surface area contributed by atoms with Gasteiger partial charge >= 0.3 is 0 Å². The average Bonchev–Trinajstić information content (AvgIpc) is 3.60. The van der Waals surface area contributed by atoms with E-state index in [4.69, 9.17) is 10.3 Å². The molecule has 0 amide bonds. The van der Waals surface area contributed by atoms with Crippen LogP contribution in [0.4, 0.5) is 0 Å². The molecule has 2 fully saturated rings. The molecule has 236 valence electrons. The fourth-order valence-corrected chi connectivity index (χ4v) is 7.61. The van der Waals surface area contributed by atoms with Crippen molar-refractivity contribution in [3.8, 4) is 0 Å². The minimum Gasteiger partial charge on any atom is -0.271 e. The monoisotopic (exact) mass is 614 g/mol. The number of hydrogen-bond donors (Lipinski definition) is 3. The van der Waals surface area contributed by atoms with Gasteiger partial charge in [0.1, 0.15) is 0 Å². The van der Waals surface area contributed by atoms with E-state index >= 15 is 0 Å². The van der Waals surface area contributed by atoms with Gasteiger partial charge in [-0.05, 0) is 87.9 Å². The molecule has 12 heteroatoms. The topological polar surface area (TPSA) is 167 Å². The zero-order valence-corrected chi connectivity index (χ0v) is 27.9. The quantitative estimate of drug-likeness (QED) is 0.322. The van der Waals surface area contributed by atoms with Gasteiger partial charge in [-0.1, -0.05) is 53.9 Å². The number of hydrogen-bond acceptors (Lipinski definition) is 6. The predicted octanol–water partition coefficient (Wildman–Crippen LogP) is 5.81. The molecular weight excluding hydrogens is 560 g/mol. The average molecular weight is 615 g/mol. The molecule has 0 radical (unpaired) electrons. The van der Waals surface area contributed by atoms with E-state index in [-0.39, 0.29) is 10.1 Å². The highest BCUT2D eigenvalue weighted by Gasteiger charge is 2.31. The number of nitrogens with two attached hydrogens (primary N) is 2. The van der Waals surface area contributed by atoms with Gasteiger partial charge in [0.2, 0.25) is 0 Å². The summed E-state index contributed by atoms with van der Waals surface area (Å²) < 4.78 is 45.6. The molecule has 2 heterocycles. The van der Waals surface area contributed by atoms with Gasteiger partial charge in [0.05, 0.1) is 6.20 Å². The molecule has 0 aliphatic heterocycles. The molecule has 10 nitrogen and oxygen atoms in total. The molecule has 0 aromatic carbocycles. The van der Waals surface area contributed by atoms with Crippen LogP contribution >= 0.6 is 0 Å². The SMILES string of the molecule is CCCCC1CCC(C)(C)C1.Cc1cn(CCCC2CCC(C)(C)C2)nc1S(N)(=O)=O.Cc1cn[nH]c1S(N)(=O)=O. The second-order valence-electron chi connectivity index (χ2n) is 13.7. The second-order valence-corrected chi connectivity index (χ2v) is 16.7. The van der Waals surface area contributed by atoms with Gasteiger partial charge in [-0.3, -0.25) is 9.78 Å². The molecule has 2 saturated carbocycles. The molecule has 41 heavy (non-hydrogen) atoms. The Morgan fingerprint density at radius 3 is 1.78 bits per heavy atom. The van der Waals surface area contributed by atoms with E-state index in [1.807, 2.05) is 0 Å². The number of H-pyrrole nitrogens is 1. The lowest BCUT2D eigenvalue weighted by Crippen LogP contribution is -2.14. The van der Waals surface area contributed by atoms with Crippen LogP contribution in [0.5, 0.6) is 0 Å². The molecule has 2 aliphatic rings. The van der Waals surface area contributed by atoms with Gasteiger partial charge < -0.3 is 0 Å². The van der Waals surface area contributed by atoms with Crippen LogP contribution in [0.3, 0.4) is 0 Å². The third-order valence-corrected chi connectivity index (χ3v) is 10.3. The van der Waals surface area contributed by atoms with Crippen LogP contribution in [0.25, 0.3) is 0 Å². The van der Waals surface area contributed by atoms with Crippen LogP contribution in [0.2, 0.25) is 0 Å². The Morgan fingerprint density at radius 1 is 0.902 bits per heavy atom. The number of aromatic amines is 1. The van der Waals surface area contributed by atoms with Crippen molar-refractivity contribution < 1.29 is 16.8 Å². The van der Waals surface area contributed by atoms with Crippen LogP contribution < -0.4 is 10.3 Å². The van der Waals surface area contributed by atoms with Crippen molar-refractivity contribution in [1.29, 1.82) is 0 Å². The van der Waals surface area contributed by atoms with Crippen molar-refractivity contribution in [1.82, 2.24) is 20.0 Å². The zero-order chi connectivity index (χ0) is 31.1. The number of nitrogens with zero attached hydrogens (tertiary/aromatic N) is 3. The van der Waals surface area contributed by atoms with E-state index in [0.717, 1.165) is 24.8 Å². The lowest BCUT2D eigenvalue weighted by molar-refractivity contribution is 0.347. The maximum atomic E-state index is 11.3. The van der Waals surface area contributed by atoms with Crippen molar-refractivity contribution in [2.24, 2.45) is 32.9 Å². The van der Waals surface area contributed by atoms with Crippen molar-refractivity contribution in [2.75, 3.05) is 0 Å². The largest absolute Gasteiger partial charge is 0.271 e. The van der Waals surface area contributed by atoms with Crippen molar-refractivity contribution >= 4 is 20.0 Å². The predicted molar refractivity (Wildman–Crippen MR) is 164 cm³/mol. The first-order valence-electron chi connectivity index (χ1n) is 14.9. The molecule has 0 bridgehead atoms. The molecule has 5 N–H and O–H groups in total. The number of sulfonamides is 2. The Balaban J connectivity index is 0.000000236. The number of nitrogens with one attached hydrogen (secondary N) is 1. The van der Waals surface area contributed by atoms with E-state index in [1.54, 1.807) is 24.7 Å². The van der Waals surface area contributed by atoms with E-state index in [2.05, 4.69) is 49.9 Å². The van der Waals surface area contributed by atoms with Crippen molar-refractivity contribution in [2.45, 2.75) is 136 Å². The fraction of sp³-hybridized carbons (Fsp3) is 0.793. The normalized spacial score (nSPS) is 21.6. The summed E-state index contributed by atoms with van der Waals surface area (Å²) >= 11 is 0. The van der Waals surface area contributed by atoms with Crippen molar-refractivity contribution in [3.63, 3.8) is 0 Å². The zero-order valence-electron chi connectivity index (χ0n) is 26.2. The van der Waals surface area contributed by atoms with Gasteiger partial charge in [-0.15, -0.1) is 0 Å². The third kappa shape index (κ3) is 12.2. The highest BCUT2D eigenvalue weighted by atomic mass is 32.2. The third-order valence-electron chi connectivity index (χ3n) is 8.34. The van der Waals surface area contributed by atoms with E-state index in [1.165, 1.54) is 70.4 Å². The Morgan fingerprint density at radius 2 is 1.44 bits per heavy atom. The van der Waals surface area contributed by atoms with Gasteiger partial charge in [0.15, 0.2) is 10.1 Å². The highest BCUT2D eigenvalue weighted by Crippen LogP contribution is 2.43. The van der Waals surface area contributed by atoms with E-state index in [9.17, 15) is 16.8 Å². The Bertz CT molecular complexity index is 1310. The molecule has 0 spiro atoms. The summed E-state index contributed by atoms with van der Waals surface area (Å²) in [5.41, 5.74) is 2.31. The smallest absolute Gasteiger partial charge is 0.257 e. The highest BCUT2D eigenvalue weighted by molar-refractivity contribution is 7.89. The van der Waals surface area contributed by atoms with Gasteiger partial charge in [0.25, 0.3) is 20.0 Å². The van der Waals surface area contributed by atoms with Crippen LogP contribution in [0, 0.1) is 36.5 Å². The number of aryl methyl sites for hydroxylation is 3. The summed E-state index contributed by atoms with van der Waals surface area (Å²) in [5.74, 6) is 1.87. The first-order valence-corrected chi connectivity index (χ1v) is 18.0. The summed E-state index contributed by atoms with van der Waals surface area (Å²) in [4.78, 5) is 0. The summed E-state index contributed by atoms with van der Waals surface area (Å²) in [6.07, 6.45) is 18.0. The lowest BCUT2D eigenvalue weighted by Gasteiger charge is -2.16. The minimum atomic E-state index is -3.70. The van der Waals surface area contributed by atoms with Gasteiger partial charge in [-0.25, -0.2) is 27.1 Å². The summed E-state index contributed by atoms with van der Waals surface area (Å²) in [6.45, 7) is 15.9. The first-order chi connectivity index (χ1) is 18.8. The Kier molecular flexibility index (Phi) is 12.6. The maximum Gasteiger partial charge on any atom is 0.257 e. The molecule has 4 rings (SSSR count). The van der Waals surface area contributed by atoms with Crippen LogP contribution in [-0.4, -0.2) is 36.8 Å². The molecular formula is C29H54N6O4S2. The maximum absolute atomic E-state index is 11.3. The van der Waals surface area contributed by atoms with E-state index in [0.29, 0.717) is 22.0 Å². The fourth-order valence-electron chi connectivity index (χ4n) is 6.21. The van der Waals surface area contributed by atoms with Crippen LogP contribution in [-0.2, 0) is 26.6 Å². The lowest BCUT2D eigenvalue weighted by atomic mass is 9.89. The molecule has 2 aromatic rings. The summed E-state index contributed by atoms with van der Waals surface area (Å²) in [6, 6.07) is 0. The van der Waals surface area contributed by atoms with Gasteiger partial charge in [0, 0.05) is 23.9 Å². The summed E-state index contributed by atoms with van der Waals surface area (Å²) in [7, 11) is -7.31. The molecule has 2 unspecified atom stereocenters. The number of rotatable bonds is 9. The number of unbranched alkanes of at least 4 members (excludes halogenated alkanes) is 1. The molecule has 0 saturated heterocycles. The van der Waals surface area contributed by atoms with Gasteiger partial charge in [-0.2, -0.15) is 10.2 Å². The minimum absolute atomic E-state index is 0.000463. The molecule has 2 atom stereocenters. The molecule has 2 aromatic heterocycles.